The monoisotopic (exact) mass is 462 g/mol. The van der Waals surface area contributed by atoms with Crippen LogP contribution < -0.4 is 16.4 Å². The van der Waals surface area contributed by atoms with E-state index in [1.165, 1.54) is 0 Å². The summed E-state index contributed by atoms with van der Waals surface area (Å²) in [4.78, 5) is 32.2. The van der Waals surface area contributed by atoms with Crippen LogP contribution in [-0.2, 0) is 16.0 Å². The van der Waals surface area contributed by atoms with Crippen LogP contribution in [0.4, 0.5) is 5.82 Å². The van der Waals surface area contributed by atoms with E-state index in [2.05, 4.69) is 15.6 Å². The number of imidazole rings is 1. The molecule has 174 valence electrons. The Balaban J connectivity index is 1.43. The highest BCUT2D eigenvalue weighted by Crippen LogP contribution is 2.26. The third-order valence-corrected chi connectivity index (χ3v) is 6.77. The number of nitrogens with one attached hydrogen (secondary N) is 2. The normalized spacial score (nSPS) is 21.6. The molecule has 2 aliphatic heterocycles. The average Bonchev–Trinajstić information content (AvgIpc) is 3.26. The SMILES string of the molecule is CCc1cn2c(N)c(Cl)cc(C(=O)NCC3CCNCC3CC(=O)N3CCOCC3)c2n1. The first-order valence-corrected chi connectivity index (χ1v) is 11.7. The Morgan fingerprint density at radius 1 is 1.34 bits per heavy atom. The smallest absolute Gasteiger partial charge is 0.255 e. The van der Waals surface area contributed by atoms with Crippen molar-refractivity contribution in [2.45, 2.75) is 26.2 Å². The Hall–Kier alpha value is -2.36. The van der Waals surface area contributed by atoms with Gasteiger partial charge in [-0.25, -0.2) is 4.98 Å². The number of carbonyl (C=O) groups is 2. The topological polar surface area (TPSA) is 114 Å². The minimum absolute atomic E-state index is 0.162. The van der Waals surface area contributed by atoms with Gasteiger partial charge in [-0.1, -0.05) is 18.5 Å². The molecule has 4 heterocycles. The van der Waals surface area contributed by atoms with E-state index in [0.29, 0.717) is 61.3 Å². The van der Waals surface area contributed by atoms with Crippen LogP contribution in [0.15, 0.2) is 12.3 Å². The van der Waals surface area contributed by atoms with E-state index in [0.717, 1.165) is 31.6 Å². The molecule has 0 aliphatic carbocycles. The van der Waals surface area contributed by atoms with Gasteiger partial charge in [0.25, 0.3) is 5.91 Å². The summed E-state index contributed by atoms with van der Waals surface area (Å²) >= 11 is 6.28. The van der Waals surface area contributed by atoms with Gasteiger partial charge in [0.05, 0.1) is 29.5 Å². The Morgan fingerprint density at radius 3 is 2.88 bits per heavy atom. The predicted molar refractivity (Wildman–Crippen MR) is 123 cm³/mol. The van der Waals surface area contributed by atoms with Crippen LogP contribution in [-0.4, -0.2) is 72.0 Å². The van der Waals surface area contributed by atoms with Crippen molar-refractivity contribution in [1.29, 1.82) is 0 Å². The molecular formula is C22H31ClN6O3. The molecule has 2 fully saturated rings. The minimum atomic E-state index is -0.234. The fourth-order valence-corrected chi connectivity index (χ4v) is 4.69. The van der Waals surface area contributed by atoms with Gasteiger partial charge in [-0.05, 0) is 43.8 Å². The van der Waals surface area contributed by atoms with Crippen molar-refractivity contribution in [3.8, 4) is 0 Å². The fourth-order valence-electron chi connectivity index (χ4n) is 4.49. The molecule has 0 saturated carbocycles. The number of nitrogens with two attached hydrogens (primary N) is 1. The van der Waals surface area contributed by atoms with E-state index in [9.17, 15) is 9.59 Å². The molecule has 2 aromatic rings. The van der Waals surface area contributed by atoms with E-state index < -0.39 is 0 Å². The van der Waals surface area contributed by atoms with Gasteiger partial charge >= 0.3 is 0 Å². The van der Waals surface area contributed by atoms with Gasteiger partial charge in [-0.15, -0.1) is 0 Å². The summed E-state index contributed by atoms with van der Waals surface area (Å²) in [6, 6.07) is 1.58. The maximum Gasteiger partial charge on any atom is 0.255 e. The first kappa shape index (κ1) is 22.8. The molecule has 10 heteroatoms. The number of nitrogens with zero attached hydrogens (tertiary/aromatic N) is 3. The average molecular weight is 463 g/mol. The van der Waals surface area contributed by atoms with Gasteiger partial charge in [-0.2, -0.15) is 0 Å². The molecule has 0 radical (unpaired) electrons. The van der Waals surface area contributed by atoms with Gasteiger partial charge in [0.2, 0.25) is 5.91 Å². The number of hydrogen-bond acceptors (Lipinski definition) is 6. The quantitative estimate of drug-likeness (QED) is 0.597. The molecule has 2 aliphatic rings. The van der Waals surface area contributed by atoms with E-state index in [-0.39, 0.29) is 23.7 Å². The minimum Gasteiger partial charge on any atom is -0.384 e. The molecule has 32 heavy (non-hydrogen) atoms. The molecule has 0 bridgehead atoms. The summed E-state index contributed by atoms with van der Waals surface area (Å²) in [6.45, 7) is 6.64. The third kappa shape index (κ3) is 4.84. The molecule has 0 aromatic carbocycles. The molecule has 2 atom stereocenters. The summed E-state index contributed by atoms with van der Waals surface area (Å²) in [5, 5.41) is 6.76. The van der Waals surface area contributed by atoms with E-state index in [1.807, 2.05) is 18.0 Å². The molecule has 2 unspecified atom stereocenters. The van der Waals surface area contributed by atoms with Crippen LogP contribution in [0.2, 0.25) is 5.02 Å². The summed E-state index contributed by atoms with van der Waals surface area (Å²) in [6.07, 6.45) is 3.93. The lowest BCUT2D eigenvalue weighted by atomic mass is 9.83. The number of aromatic nitrogens is 2. The van der Waals surface area contributed by atoms with Crippen molar-refractivity contribution in [2.24, 2.45) is 11.8 Å². The zero-order chi connectivity index (χ0) is 22.7. The number of carbonyl (C=O) groups excluding carboxylic acids is 2. The van der Waals surface area contributed by atoms with Gasteiger partial charge in [-0.3, -0.25) is 14.0 Å². The number of anilines is 1. The van der Waals surface area contributed by atoms with Crippen molar-refractivity contribution in [2.75, 3.05) is 51.7 Å². The third-order valence-electron chi connectivity index (χ3n) is 6.47. The number of ether oxygens (including phenoxy) is 1. The maximum atomic E-state index is 13.1. The zero-order valence-corrected chi connectivity index (χ0v) is 19.2. The number of halogens is 1. The van der Waals surface area contributed by atoms with Crippen molar-refractivity contribution in [3.63, 3.8) is 0 Å². The lowest BCUT2D eigenvalue weighted by molar-refractivity contribution is -0.136. The van der Waals surface area contributed by atoms with Crippen molar-refractivity contribution in [3.05, 3.63) is 28.5 Å². The van der Waals surface area contributed by atoms with E-state index >= 15 is 0 Å². The highest BCUT2D eigenvalue weighted by Gasteiger charge is 2.30. The van der Waals surface area contributed by atoms with Crippen LogP contribution in [0.5, 0.6) is 0 Å². The molecule has 4 N–H and O–H groups in total. The van der Waals surface area contributed by atoms with Crippen LogP contribution in [0, 0.1) is 11.8 Å². The molecule has 0 spiro atoms. The van der Waals surface area contributed by atoms with Crippen molar-refractivity contribution in [1.82, 2.24) is 24.9 Å². The zero-order valence-electron chi connectivity index (χ0n) is 18.4. The Morgan fingerprint density at radius 2 is 2.12 bits per heavy atom. The summed E-state index contributed by atoms with van der Waals surface area (Å²) in [7, 11) is 0. The molecule has 9 nitrogen and oxygen atoms in total. The highest BCUT2D eigenvalue weighted by molar-refractivity contribution is 6.33. The molecule has 2 saturated heterocycles. The van der Waals surface area contributed by atoms with Gasteiger partial charge in [0.15, 0.2) is 5.65 Å². The number of rotatable bonds is 6. The second-order valence-electron chi connectivity index (χ2n) is 8.49. The largest absolute Gasteiger partial charge is 0.384 e. The van der Waals surface area contributed by atoms with Crippen LogP contribution in [0.3, 0.4) is 0 Å². The standard InChI is InChI=1S/C22H31ClN6O3/c1-2-16-13-29-20(24)18(23)10-17(21(29)27-16)22(31)26-12-14-3-4-25-11-15(14)9-19(30)28-5-7-32-8-6-28/h10,13-15,25H,2-9,11-12,24H2,1H3,(H,26,31). The van der Waals surface area contributed by atoms with Crippen molar-refractivity contribution >= 4 is 34.9 Å². The first-order valence-electron chi connectivity index (χ1n) is 11.3. The number of morpholine rings is 1. The highest BCUT2D eigenvalue weighted by atomic mass is 35.5. The fraction of sp³-hybridized carbons (Fsp3) is 0.591. The van der Waals surface area contributed by atoms with E-state index in [1.54, 1.807) is 10.5 Å². The predicted octanol–water partition coefficient (Wildman–Crippen LogP) is 1.34. The number of fused-ring (bicyclic) bond motifs is 1. The molecular weight excluding hydrogens is 432 g/mol. The molecule has 2 aromatic heterocycles. The molecule has 4 rings (SSSR count). The number of aryl methyl sites for hydroxylation is 1. The lowest BCUT2D eigenvalue weighted by Gasteiger charge is -2.34. The maximum absolute atomic E-state index is 13.1. The van der Waals surface area contributed by atoms with E-state index in [4.69, 9.17) is 22.1 Å². The van der Waals surface area contributed by atoms with Crippen LogP contribution in [0.25, 0.3) is 5.65 Å². The van der Waals surface area contributed by atoms with Gasteiger partial charge < -0.3 is 26.0 Å². The van der Waals surface area contributed by atoms with Crippen LogP contribution >= 0.6 is 11.6 Å². The molecule has 2 amide bonds. The number of nitrogen functional groups attached to an aromatic ring is 1. The second kappa shape index (κ2) is 10.1. The number of piperidine rings is 1. The summed E-state index contributed by atoms with van der Waals surface area (Å²) in [5.41, 5.74) is 7.83. The second-order valence-corrected chi connectivity index (χ2v) is 8.90. The Bertz CT molecular complexity index is 988. The summed E-state index contributed by atoms with van der Waals surface area (Å²) in [5.74, 6) is 0.686. The lowest BCUT2D eigenvalue weighted by Crippen LogP contribution is -2.46. The number of amides is 2. The first-order chi connectivity index (χ1) is 15.5. The Labute approximate surface area is 192 Å². The summed E-state index contributed by atoms with van der Waals surface area (Å²) < 4.78 is 7.02. The van der Waals surface area contributed by atoms with Gasteiger partial charge in [0.1, 0.15) is 5.82 Å². The van der Waals surface area contributed by atoms with Crippen molar-refractivity contribution < 1.29 is 14.3 Å². The number of hydrogen-bond donors (Lipinski definition) is 3. The Kier molecular flexibility index (Phi) is 7.17. The van der Waals surface area contributed by atoms with Crippen LogP contribution in [0.1, 0.15) is 35.8 Å². The number of pyridine rings is 1. The van der Waals surface area contributed by atoms with Gasteiger partial charge in [0, 0.05) is 32.3 Å².